The first-order valence-corrected chi connectivity index (χ1v) is 21.0. The minimum Gasteiger partial charge on any atom is -0.494 e. The minimum atomic E-state index is -1.20. The van der Waals surface area contributed by atoms with Crippen molar-refractivity contribution in [2.45, 2.75) is 130 Å². The molecule has 3 aromatic rings. The van der Waals surface area contributed by atoms with E-state index in [0.29, 0.717) is 37.8 Å². The Morgan fingerprint density at radius 3 is 2.10 bits per heavy atom. The van der Waals surface area contributed by atoms with Crippen LogP contribution in [0.25, 0.3) is 0 Å². The molecule has 0 aliphatic carbocycles. The van der Waals surface area contributed by atoms with E-state index >= 15 is 0 Å². The van der Waals surface area contributed by atoms with Gasteiger partial charge in [-0.05, 0) is 127 Å². The highest BCUT2D eigenvalue weighted by Gasteiger charge is 2.30. The second-order valence-corrected chi connectivity index (χ2v) is 17.3. The summed E-state index contributed by atoms with van der Waals surface area (Å²) < 4.78 is 22.6. The van der Waals surface area contributed by atoms with Gasteiger partial charge in [0.1, 0.15) is 35.6 Å². The van der Waals surface area contributed by atoms with Crippen molar-refractivity contribution in [1.29, 1.82) is 0 Å². The second kappa shape index (κ2) is 22.7. The standard InChI is InChI=1S/C47H64N4O9/c1-33-20-22-38(57-28-26-35-19-14-27-51(31-35)45(56)60-47(5,6)7)29-37(33)30-48-42(53)39(23-21-34-15-10-8-11-16-34)49-43(54)40(24-25-41(52)59-46(2,3)4)50-44(55)58-32-36-17-12-9-13-18-36/h8-13,15-18,20,22,29,35,39-40H,14,19,21,23-28,30-32H2,1-7H3,(H,48,53)(H,49,54)(H,50,55)/t35?,39?,40-/m0/s1. The second-order valence-electron chi connectivity index (χ2n) is 17.3. The number of aryl methyl sites for hydroxylation is 2. The maximum Gasteiger partial charge on any atom is 0.410 e. The van der Waals surface area contributed by atoms with Crippen LogP contribution in [0, 0.1) is 12.8 Å². The molecule has 4 rings (SSSR count). The summed E-state index contributed by atoms with van der Waals surface area (Å²) >= 11 is 0. The molecule has 3 atom stereocenters. The normalized spacial score (nSPS) is 15.2. The molecule has 1 fully saturated rings. The molecule has 3 N–H and O–H groups in total. The molecule has 4 amide bonds. The smallest absolute Gasteiger partial charge is 0.410 e. The van der Waals surface area contributed by atoms with E-state index < -0.39 is 47.2 Å². The quantitative estimate of drug-likeness (QED) is 0.0868. The van der Waals surface area contributed by atoms with Crippen LogP contribution in [0.3, 0.4) is 0 Å². The fourth-order valence-corrected chi connectivity index (χ4v) is 6.70. The molecule has 1 saturated heterocycles. The van der Waals surface area contributed by atoms with Gasteiger partial charge in [-0.1, -0.05) is 66.7 Å². The number of nitrogens with one attached hydrogen (secondary N) is 3. The average Bonchev–Trinajstić information content (AvgIpc) is 3.19. The zero-order valence-electron chi connectivity index (χ0n) is 36.3. The lowest BCUT2D eigenvalue weighted by Crippen LogP contribution is -2.54. The first-order valence-electron chi connectivity index (χ1n) is 21.0. The lowest BCUT2D eigenvalue weighted by Gasteiger charge is -2.34. The first kappa shape index (κ1) is 47.1. The van der Waals surface area contributed by atoms with E-state index in [1.54, 1.807) is 25.7 Å². The van der Waals surface area contributed by atoms with Crippen LogP contribution in [0.5, 0.6) is 5.75 Å². The third kappa shape index (κ3) is 17.3. The number of hydrogen-bond acceptors (Lipinski definition) is 9. The third-order valence-corrected chi connectivity index (χ3v) is 9.82. The monoisotopic (exact) mass is 828 g/mol. The van der Waals surface area contributed by atoms with Crippen molar-refractivity contribution in [3.8, 4) is 5.75 Å². The Hall–Kier alpha value is -5.59. The van der Waals surface area contributed by atoms with Crippen LogP contribution >= 0.6 is 0 Å². The minimum absolute atomic E-state index is 0.0179. The third-order valence-electron chi connectivity index (χ3n) is 9.82. The van der Waals surface area contributed by atoms with E-state index in [1.165, 1.54) is 0 Å². The molecule has 3 aromatic carbocycles. The molecule has 13 heteroatoms. The Morgan fingerprint density at radius 1 is 0.783 bits per heavy atom. The molecule has 326 valence electrons. The Labute approximate surface area is 355 Å². The molecule has 1 aliphatic heterocycles. The van der Waals surface area contributed by atoms with Gasteiger partial charge in [-0.15, -0.1) is 0 Å². The number of alkyl carbamates (subject to hydrolysis) is 1. The molecule has 1 aliphatic rings. The molecule has 0 radical (unpaired) electrons. The predicted molar refractivity (Wildman–Crippen MR) is 229 cm³/mol. The highest BCUT2D eigenvalue weighted by atomic mass is 16.6. The zero-order chi connectivity index (χ0) is 43.7. The largest absolute Gasteiger partial charge is 0.494 e. The Bertz CT molecular complexity index is 1860. The summed E-state index contributed by atoms with van der Waals surface area (Å²) in [7, 11) is 0. The number of benzene rings is 3. The average molecular weight is 829 g/mol. The summed E-state index contributed by atoms with van der Waals surface area (Å²) in [6.07, 6.45) is 2.11. The summed E-state index contributed by atoms with van der Waals surface area (Å²) in [5.41, 5.74) is 2.27. The number of rotatable bonds is 18. The Morgan fingerprint density at radius 2 is 1.43 bits per heavy atom. The number of amides is 4. The molecule has 2 unspecified atom stereocenters. The zero-order valence-corrected chi connectivity index (χ0v) is 36.3. The summed E-state index contributed by atoms with van der Waals surface area (Å²) in [5, 5.41) is 8.45. The van der Waals surface area contributed by atoms with Crippen molar-refractivity contribution in [1.82, 2.24) is 20.9 Å². The maximum atomic E-state index is 13.9. The van der Waals surface area contributed by atoms with Gasteiger partial charge in [0.2, 0.25) is 11.8 Å². The molecule has 0 spiro atoms. The van der Waals surface area contributed by atoms with Crippen LogP contribution in [0.2, 0.25) is 0 Å². The number of hydrogen-bond donors (Lipinski definition) is 3. The lowest BCUT2D eigenvalue weighted by atomic mass is 9.95. The number of ether oxygens (including phenoxy) is 4. The van der Waals surface area contributed by atoms with Crippen LogP contribution in [0.1, 0.15) is 102 Å². The van der Waals surface area contributed by atoms with Gasteiger partial charge in [0.15, 0.2) is 0 Å². The number of carbonyl (C=O) groups excluding carboxylic acids is 5. The fourth-order valence-electron chi connectivity index (χ4n) is 6.70. The molecule has 0 aromatic heterocycles. The van der Waals surface area contributed by atoms with Gasteiger partial charge in [-0.25, -0.2) is 9.59 Å². The summed E-state index contributed by atoms with van der Waals surface area (Å²) in [5.74, 6) is -0.614. The Balaban J connectivity index is 1.40. The van der Waals surface area contributed by atoms with E-state index in [-0.39, 0.29) is 38.5 Å². The van der Waals surface area contributed by atoms with Gasteiger partial charge < -0.3 is 39.8 Å². The van der Waals surface area contributed by atoms with Crippen molar-refractivity contribution in [2.24, 2.45) is 5.92 Å². The van der Waals surface area contributed by atoms with Crippen LogP contribution in [-0.2, 0) is 48.2 Å². The van der Waals surface area contributed by atoms with Crippen molar-refractivity contribution in [3.63, 3.8) is 0 Å². The molecule has 60 heavy (non-hydrogen) atoms. The number of piperidine rings is 1. The predicted octanol–water partition coefficient (Wildman–Crippen LogP) is 7.56. The van der Waals surface area contributed by atoms with E-state index in [0.717, 1.165) is 41.5 Å². The first-order chi connectivity index (χ1) is 28.4. The van der Waals surface area contributed by atoms with E-state index in [9.17, 15) is 24.0 Å². The molecule has 0 saturated carbocycles. The molecule has 1 heterocycles. The van der Waals surface area contributed by atoms with Gasteiger partial charge in [0.05, 0.1) is 6.61 Å². The summed E-state index contributed by atoms with van der Waals surface area (Å²) in [6, 6.07) is 22.3. The number of nitrogens with zero attached hydrogens (tertiary/aromatic N) is 1. The SMILES string of the molecule is Cc1ccc(OCCC2CCCN(C(=O)OC(C)(C)C)C2)cc1CNC(=O)C(CCc1ccccc1)NC(=O)[C@H](CCC(=O)OC(C)(C)C)NC(=O)OCc1ccccc1. The molecule has 0 bridgehead atoms. The highest BCUT2D eigenvalue weighted by Crippen LogP contribution is 2.24. The highest BCUT2D eigenvalue weighted by molar-refractivity contribution is 5.91. The molecule has 13 nitrogen and oxygen atoms in total. The summed E-state index contributed by atoms with van der Waals surface area (Å²) in [4.78, 5) is 67.8. The van der Waals surface area contributed by atoms with E-state index in [4.69, 9.17) is 18.9 Å². The molecular weight excluding hydrogens is 765 g/mol. The topological polar surface area (TPSA) is 162 Å². The fraction of sp³-hybridized carbons (Fsp3) is 0.511. The van der Waals surface area contributed by atoms with Crippen molar-refractivity contribution < 1.29 is 42.9 Å². The number of esters is 1. The van der Waals surface area contributed by atoms with Gasteiger partial charge in [-0.2, -0.15) is 0 Å². The lowest BCUT2D eigenvalue weighted by molar-refractivity contribution is -0.155. The number of likely N-dealkylation sites (tertiary alicyclic amines) is 1. The van der Waals surface area contributed by atoms with Crippen LogP contribution in [0.4, 0.5) is 9.59 Å². The van der Waals surface area contributed by atoms with Gasteiger partial charge in [0.25, 0.3) is 0 Å². The van der Waals surface area contributed by atoms with Crippen LogP contribution in [-0.4, -0.2) is 77.9 Å². The summed E-state index contributed by atoms with van der Waals surface area (Å²) in [6.45, 7) is 14.7. The van der Waals surface area contributed by atoms with Crippen LogP contribution in [0.15, 0.2) is 78.9 Å². The molecular formula is C47H64N4O9. The van der Waals surface area contributed by atoms with Gasteiger partial charge >= 0.3 is 18.2 Å². The van der Waals surface area contributed by atoms with Crippen molar-refractivity contribution >= 4 is 30.0 Å². The Kier molecular flexibility index (Phi) is 17.8. The van der Waals surface area contributed by atoms with Crippen molar-refractivity contribution in [3.05, 3.63) is 101 Å². The van der Waals surface area contributed by atoms with Crippen molar-refractivity contribution in [2.75, 3.05) is 19.7 Å². The number of carbonyl (C=O) groups is 5. The van der Waals surface area contributed by atoms with E-state index in [1.807, 2.05) is 107 Å². The van der Waals surface area contributed by atoms with E-state index in [2.05, 4.69) is 16.0 Å². The van der Waals surface area contributed by atoms with Gasteiger partial charge in [0, 0.05) is 26.1 Å². The maximum absolute atomic E-state index is 13.9. The van der Waals surface area contributed by atoms with Crippen LogP contribution < -0.4 is 20.7 Å². The van der Waals surface area contributed by atoms with Gasteiger partial charge in [-0.3, -0.25) is 14.4 Å².